The van der Waals surface area contributed by atoms with Crippen molar-refractivity contribution in [3.05, 3.63) is 48.2 Å². The number of aliphatic hydroxyl groups excluding tert-OH is 1. The molecule has 2 fully saturated rings. The number of β-amino-alcohol motifs (C(OH)–C–C–N with tert-alkyl or cyclic N) is 1. The van der Waals surface area contributed by atoms with E-state index in [0.717, 1.165) is 30.2 Å². The van der Waals surface area contributed by atoms with Crippen molar-refractivity contribution in [1.82, 2.24) is 15.5 Å². The highest BCUT2D eigenvalue weighted by Crippen LogP contribution is 2.32. The zero-order chi connectivity index (χ0) is 29.6. The van der Waals surface area contributed by atoms with E-state index in [4.69, 9.17) is 9.15 Å². The van der Waals surface area contributed by atoms with Crippen LogP contribution in [-0.2, 0) is 9.53 Å². The van der Waals surface area contributed by atoms with Gasteiger partial charge < -0.3 is 35.1 Å². The first-order chi connectivity index (χ1) is 19.6. The highest BCUT2D eigenvalue weighted by atomic mass is 19.1. The lowest BCUT2D eigenvalue weighted by Gasteiger charge is -2.41. The van der Waals surface area contributed by atoms with Crippen LogP contribution in [-0.4, -0.2) is 78.4 Å². The summed E-state index contributed by atoms with van der Waals surface area (Å²) in [5.74, 6) is -1.31. The molecule has 4 N–H and O–H groups in total. The number of nitrogens with zero attached hydrogens (tertiary/aromatic N) is 2. The van der Waals surface area contributed by atoms with E-state index >= 15 is 0 Å². The Kier molecular flexibility index (Phi) is 9.48. The zero-order valence-corrected chi connectivity index (χ0v) is 23.2. The van der Waals surface area contributed by atoms with Gasteiger partial charge in [0.05, 0.1) is 36.4 Å². The van der Waals surface area contributed by atoms with Crippen molar-refractivity contribution in [2.24, 2.45) is 0 Å². The Balaban J connectivity index is 1.43. The van der Waals surface area contributed by atoms with Crippen LogP contribution in [0.2, 0.25) is 0 Å². The zero-order valence-electron chi connectivity index (χ0n) is 23.2. The summed E-state index contributed by atoms with van der Waals surface area (Å²) in [6.07, 6.45) is 3.34. The molecular formula is C28H36FN5O7. The quantitative estimate of drug-likeness (QED) is 0.394. The minimum atomic E-state index is -1.11. The van der Waals surface area contributed by atoms with Gasteiger partial charge in [0.2, 0.25) is 5.91 Å². The predicted octanol–water partition coefficient (Wildman–Crippen LogP) is 3.23. The van der Waals surface area contributed by atoms with E-state index in [0.29, 0.717) is 31.5 Å². The number of benzene rings is 1. The molecule has 1 aliphatic heterocycles. The monoisotopic (exact) mass is 573 g/mol. The number of carbonyl (C=O) groups excluding carboxylic acids is 4. The number of ether oxygens (including phenoxy) is 1. The van der Waals surface area contributed by atoms with Gasteiger partial charge >= 0.3 is 12.1 Å². The van der Waals surface area contributed by atoms with Crippen LogP contribution >= 0.6 is 0 Å². The number of halogens is 1. The molecule has 41 heavy (non-hydrogen) atoms. The standard InChI is InChI=1S/C28H36FN5O7/c1-3-40-27(39)33(2)26(38)31-20-16-18(29)9-10-21(20)34-14-11-19(22(35)17-34)30-25(37)28(12-5-4-6-13-28)32-24(36)23-8-7-15-41-23/h7-10,15-16,19,22,35H,3-6,11-14,17H2,1-2H3,(H,30,37)(H,31,38)(H,32,36). The number of anilines is 2. The van der Waals surface area contributed by atoms with Gasteiger partial charge in [0.15, 0.2) is 5.76 Å². The summed E-state index contributed by atoms with van der Waals surface area (Å²) in [5, 5.41) is 19.4. The number of imide groups is 1. The highest BCUT2D eigenvalue weighted by Gasteiger charge is 2.43. The Morgan fingerprint density at radius 1 is 1.20 bits per heavy atom. The molecule has 2 aromatic rings. The number of urea groups is 1. The molecular weight excluding hydrogens is 537 g/mol. The fourth-order valence-corrected chi connectivity index (χ4v) is 5.26. The average molecular weight is 574 g/mol. The summed E-state index contributed by atoms with van der Waals surface area (Å²) < 4.78 is 24.1. The van der Waals surface area contributed by atoms with Crippen LogP contribution in [0.3, 0.4) is 0 Å². The first-order valence-electron chi connectivity index (χ1n) is 13.7. The summed E-state index contributed by atoms with van der Waals surface area (Å²) in [4.78, 5) is 53.3. The third kappa shape index (κ3) is 6.96. The van der Waals surface area contributed by atoms with E-state index in [1.807, 2.05) is 0 Å². The molecule has 2 unspecified atom stereocenters. The van der Waals surface area contributed by atoms with Crippen molar-refractivity contribution in [2.75, 3.05) is 37.0 Å². The number of rotatable bonds is 7. The molecule has 1 aromatic heterocycles. The minimum Gasteiger partial charge on any atom is -0.459 e. The number of hydrogen-bond acceptors (Lipinski definition) is 8. The summed E-state index contributed by atoms with van der Waals surface area (Å²) in [5.41, 5.74) is -0.559. The molecule has 13 heteroatoms. The van der Waals surface area contributed by atoms with Gasteiger partial charge in [-0.25, -0.2) is 18.9 Å². The Morgan fingerprint density at radius 2 is 1.95 bits per heavy atom. The van der Waals surface area contributed by atoms with Crippen molar-refractivity contribution in [1.29, 1.82) is 0 Å². The largest absolute Gasteiger partial charge is 0.459 e. The first-order valence-corrected chi connectivity index (χ1v) is 13.7. The van der Waals surface area contributed by atoms with Crippen molar-refractivity contribution >= 4 is 35.3 Å². The number of furan rings is 1. The van der Waals surface area contributed by atoms with E-state index in [-0.39, 0.29) is 30.5 Å². The van der Waals surface area contributed by atoms with Crippen molar-refractivity contribution < 1.29 is 37.8 Å². The molecule has 2 aliphatic rings. The van der Waals surface area contributed by atoms with Gasteiger partial charge in [-0.15, -0.1) is 0 Å². The molecule has 12 nitrogen and oxygen atoms in total. The van der Waals surface area contributed by atoms with Gasteiger partial charge in [-0.3, -0.25) is 9.59 Å². The third-order valence-electron chi connectivity index (χ3n) is 7.53. The highest BCUT2D eigenvalue weighted by molar-refractivity contribution is 6.01. The second-order valence-electron chi connectivity index (χ2n) is 10.3. The van der Waals surface area contributed by atoms with E-state index in [2.05, 4.69) is 16.0 Å². The maximum atomic E-state index is 14.1. The van der Waals surface area contributed by atoms with Crippen LogP contribution in [0, 0.1) is 5.82 Å². The molecule has 5 amide bonds. The van der Waals surface area contributed by atoms with Gasteiger partial charge in [-0.1, -0.05) is 19.3 Å². The predicted molar refractivity (Wildman–Crippen MR) is 147 cm³/mol. The molecule has 4 rings (SSSR count). The normalized spacial score (nSPS) is 20.0. The number of carbonyl (C=O) groups is 4. The second kappa shape index (κ2) is 13.0. The summed E-state index contributed by atoms with van der Waals surface area (Å²) in [6, 6.07) is 5.56. The van der Waals surface area contributed by atoms with Crippen LogP contribution in [0.5, 0.6) is 0 Å². The molecule has 2 atom stereocenters. The van der Waals surface area contributed by atoms with Gasteiger partial charge in [-0.2, -0.15) is 0 Å². The smallest absolute Gasteiger partial charge is 0.417 e. The van der Waals surface area contributed by atoms with E-state index < -0.39 is 41.5 Å². The number of aliphatic hydroxyl groups is 1. The van der Waals surface area contributed by atoms with Gasteiger partial charge in [0, 0.05) is 20.1 Å². The van der Waals surface area contributed by atoms with Crippen molar-refractivity contribution in [3.8, 4) is 0 Å². The molecule has 2 heterocycles. The molecule has 0 bridgehead atoms. The SMILES string of the molecule is CCOC(=O)N(C)C(=O)Nc1cc(F)ccc1N1CCC(NC(=O)C2(NC(=O)c3ccco3)CCCCC2)C(O)C1. The number of amides is 5. The lowest BCUT2D eigenvalue weighted by molar-refractivity contribution is -0.130. The molecule has 1 aromatic carbocycles. The molecule has 222 valence electrons. The van der Waals surface area contributed by atoms with Gasteiger partial charge in [0.1, 0.15) is 11.4 Å². The van der Waals surface area contributed by atoms with Crippen molar-refractivity contribution in [2.45, 2.75) is 63.1 Å². The van der Waals surface area contributed by atoms with Crippen LogP contribution < -0.4 is 20.9 Å². The lowest BCUT2D eigenvalue weighted by Crippen LogP contribution is -2.64. The summed E-state index contributed by atoms with van der Waals surface area (Å²) in [7, 11) is 1.24. The molecule has 0 spiro atoms. The Bertz CT molecular complexity index is 1250. The lowest BCUT2D eigenvalue weighted by atomic mass is 9.80. The second-order valence-corrected chi connectivity index (χ2v) is 10.3. The van der Waals surface area contributed by atoms with Gasteiger partial charge in [0.25, 0.3) is 5.91 Å². The molecule has 1 saturated carbocycles. The van der Waals surface area contributed by atoms with Crippen LogP contribution in [0.4, 0.5) is 25.4 Å². The van der Waals surface area contributed by atoms with E-state index in [1.54, 1.807) is 17.9 Å². The number of nitrogens with one attached hydrogen (secondary N) is 3. The van der Waals surface area contributed by atoms with E-state index in [9.17, 15) is 28.7 Å². The average Bonchev–Trinajstić information content (AvgIpc) is 3.50. The molecule has 0 radical (unpaired) electrons. The molecule has 1 saturated heterocycles. The third-order valence-corrected chi connectivity index (χ3v) is 7.53. The van der Waals surface area contributed by atoms with Crippen molar-refractivity contribution in [3.63, 3.8) is 0 Å². The minimum absolute atomic E-state index is 0.0823. The van der Waals surface area contributed by atoms with Crippen LogP contribution in [0.25, 0.3) is 0 Å². The van der Waals surface area contributed by atoms with Gasteiger partial charge in [-0.05, 0) is 56.5 Å². The topological polar surface area (TPSA) is 153 Å². The Morgan fingerprint density at radius 3 is 2.61 bits per heavy atom. The fraction of sp³-hybridized carbons (Fsp3) is 0.500. The molecule has 1 aliphatic carbocycles. The number of hydrogen-bond donors (Lipinski definition) is 4. The Hall–Kier alpha value is -4.13. The maximum Gasteiger partial charge on any atom is 0.417 e. The summed E-state index contributed by atoms with van der Waals surface area (Å²) >= 11 is 0. The maximum absolute atomic E-state index is 14.1. The van der Waals surface area contributed by atoms with Crippen LogP contribution in [0.15, 0.2) is 41.0 Å². The van der Waals surface area contributed by atoms with E-state index in [1.165, 1.54) is 31.5 Å². The Labute approximate surface area is 237 Å². The van der Waals surface area contributed by atoms with Crippen LogP contribution in [0.1, 0.15) is 56.0 Å². The fourth-order valence-electron chi connectivity index (χ4n) is 5.26. The first kappa shape index (κ1) is 29.8. The number of piperidine rings is 1. The summed E-state index contributed by atoms with van der Waals surface area (Å²) in [6.45, 7) is 2.15.